The Labute approximate surface area is 139 Å². The summed E-state index contributed by atoms with van der Waals surface area (Å²) in [7, 11) is 0. The topological polar surface area (TPSA) is 95.0 Å². The first-order valence-corrected chi connectivity index (χ1v) is 7.67. The molecule has 0 saturated carbocycles. The molecule has 1 unspecified atom stereocenters. The number of carboxylic acid groups (broad SMARTS) is 1. The average molecular weight is 414 g/mol. The van der Waals surface area contributed by atoms with Crippen molar-refractivity contribution in [3.63, 3.8) is 0 Å². The molecule has 8 heteroatoms. The molecule has 0 spiro atoms. The van der Waals surface area contributed by atoms with Crippen molar-refractivity contribution >= 4 is 46.4 Å². The number of carbonyl (C=O) groups excluding carboxylic acids is 3. The van der Waals surface area contributed by atoms with Gasteiger partial charge in [-0.15, -0.1) is 0 Å². The fraction of sp³-hybridized carbons (Fsp3) is 0.286. The van der Waals surface area contributed by atoms with Gasteiger partial charge in [0.25, 0.3) is 11.8 Å². The van der Waals surface area contributed by atoms with Crippen molar-refractivity contribution in [1.82, 2.24) is 9.80 Å². The quantitative estimate of drug-likeness (QED) is 0.555. The van der Waals surface area contributed by atoms with Crippen LogP contribution in [-0.4, -0.2) is 44.8 Å². The molecule has 22 heavy (non-hydrogen) atoms. The van der Waals surface area contributed by atoms with Crippen molar-refractivity contribution in [3.05, 3.63) is 32.9 Å². The van der Waals surface area contributed by atoms with Gasteiger partial charge < -0.3 is 10.0 Å². The van der Waals surface area contributed by atoms with E-state index in [1.165, 1.54) is 4.90 Å². The monoisotopic (exact) mass is 414 g/mol. The van der Waals surface area contributed by atoms with Crippen molar-refractivity contribution in [2.24, 2.45) is 0 Å². The zero-order valence-corrected chi connectivity index (χ0v) is 13.4. The molecular formula is C14H11IN2O5. The molecule has 2 aliphatic heterocycles. The number of benzene rings is 1. The second-order valence-electron chi connectivity index (χ2n) is 5.10. The van der Waals surface area contributed by atoms with Crippen LogP contribution in [0.2, 0.25) is 0 Å². The smallest absolute Gasteiger partial charge is 0.421 e. The van der Waals surface area contributed by atoms with Gasteiger partial charge in [-0.05, 0) is 46.7 Å². The van der Waals surface area contributed by atoms with Crippen molar-refractivity contribution < 1.29 is 24.3 Å². The minimum absolute atomic E-state index is 0.0695. The maximum atomic E-state index is 12.5. The van der Waals surface area contributed by atoms with Crippen molar-refractivity contribution in [2.45, 2.75) is 25.4 Å². The van der Waals surface area contributed by atoms with E-state index in [1.807, 2.05) is 6.07 Å². The summed E-state index contributed by atoms with van der Waals surface area (Å²) in [4.78, 5) is 49.0. The molecular weight excluding hydrogens is 403 g/mol. The highest BCUT2D eigenvalue weighted by Gasteiger charge is 2.45. The molecule has 1 aromatic rings. The number of fused-ring (bicyclic) bond motifs is 1. The van der Waals surface area contributed by atoms with E-state index >= 15 is 0 Å². The molecule has 0 aliphatic carbocycles. The molecule has 1 atom stereocenters. The van der Waals surface area contributed by atoms with E-state index in [0.29, 0.717) is 5.56 Å². The molecule has 114 valence electrons. The van der Waals surface area contributed by atoms with Crippen LogP contribution in [0.25, 0.3) is 0 Å². The molecule has 0 bridgehead atoms. The molecule has 7 nitrogen and oxygen atoms in total. The predicted molar refractivity (Wildman–Crippen MR) is 81.9 cm³/mol. The second-order valence-corrected chi connectivity index (χ2v) is 6.27. The molecule has 2 heterocycles. The molecule has 0 radical (unpaired) electrons. The fourth-order valence-corrected chi connectivity index (χ4v) is 3.49. The summed E-state index contributed by atoms with van der Waals surface area (Å²) in [5, 5.41) is 9.00. The Morgan fingerprint density at radius 2 is 2.00 bits per heavy atom. The average Bonchev–Trinajstić information content (AvgIpc) is 2.78. The Morgan fingerprint density at radius 1 is 1.27 bits per heavy atom. The Bertz CT molecular complexity index is 717. The van der Waals surface area contributed by atoms with E-state index in [2.05, 4.69) is 22.6 Å². The Morgan fingerprint density at radius 3 is 2.64 bits per heavy atom. The van der Waals surface area contributed by atoms with E-state index in [0.717, 1.165) is 9.13 Å². The van der Waals surface area contributed by atoms with Crippen LogP contribution in [0.1, 0.15) is 28.8 Å². The highest BCUT2D eigenvalue weighted by Crippen LogP contribution is 2.31. The first-order valence-electron chi connectivity index (χ1n) is 6.60. The van der Waals surface area contributed by atoms with Gasteiger partial charge in [-0.3, -0.25) is 14.4 Å². The Hall–Kier alpha value is -1.97. The number of hydrogen-bond donors (Lipinski definition) is 1. The van der Waals surface area contributed by atoms with Crippen LogP contribution < -0.4 is 0 Å². The molecule has 4 amide bonds. The maximum Gasteiger partial charge on any atom is 0.421 e. The van der Waals surface area contributed by atoms with E-state index in [4.69, 9.17) is 5.11 Å². The summed E-state index contributed by atoms with van der Waals surface area (Å²) in [6, 6.07) is 4.40. The summed E-state index contributed by atoms with van der Waals surface area (Å²) in [6.45, 7) is 0.255. The number of piperidine rings is 1. The molecule has 1 aromatic carbocycles. The Kier molecular flexibility index (Phi) is 3.63. The maximum absolute atomic E-state index is 12.5. The van der Waals surface area contributed by atoms with Gasteiger partial charge in [0.2, 0.25) is 5.91 Å². The fourth-order valence-electron chi connectivity index (χ4n) is 2.83. The highest BCUT2D eigenvalue weighted by atomic mass is 127. The van der Waals surface area contributed by atoms with Crippen LogP contribution in [0, 0.1) is 3.57 Å². The van der Waals surface area contributed by atoms with Gasteiger partial charge in [0.1, 0.15) is 6.04 Å². The zero-order valence-electron chi connectivity index (χ0n) is 11.3. The summed E-state index contributed by atoms with van der Waals surface area (Å²) in [6.07, 6.45) is -1.52. The van der Waals surface area contributed by atoms with E-state index in [1.54, 1.807) is 12.1 Å². The number of likely N-dealkylation sites (tertiary alicyclic amines) is 1. The van der Waals surface area contributed by atoms with Gasteiger partial charge in [-0.1, -0.05) is 6.07 Å². The SMILES string of the molecule is O=C(O)N1C(=O)CCC(N2Cc3c(I)cccc3C2=O)C1=O. The summed E-state index contributed by atoms with van der Waals surface area (Å²) in [5.41, 5.74) is 1.36. The lowest BCUT2D eigenvalue weighted by Gasteiger charge is -2.33. The van der Waals surface area contributed by atoms with Gasteiger partial charge >= 0.3 is 6.09 Å². The van der Waals surface area contributed by atoms with Crippen LogP contribution in [0.3, 0.4) is 0 Å². The predicted octanol–water partition coefficient (Wildman–Crippen LogP) is 1.44. The van der Waals surface area contributed by atoms with Gasteiger partial charge in [0, 0.05) is 22.1 Å². The largest absolute Gasteiger partial charge is 0.464 e. The van der Waals surface area contributed by atoms with Crippen LogP contribution in [0.5, 0.6) is 0 Å². The minimum Gasteiger partial charge on any atom is -0.464 e. The lowest BCUT2D eigenvalue weighted by molar-refractivity contribution is -0.149. The van der Waals surface area contributed by atoms with Crippen molar-refractivity contribution in [2.75, 3.05) is 0 Å². The number of hydrogen-bond acceptors (Lipinski definition) is 4. The number of rotatable bonds is 1. The normalized spacial score (nSPS) is 21.3. The first kappa shape index (κ1) is 14.9. The minimum atomic E-state index is -1.60. The van der Waals surface area contributed by atoms with Crippen LogP contribution >= 0.6 is 22.6 Å². The zero-order chi connectivity index (χ0) is 16.0. The second kappa shape index (κ2) is 5.34. The molecule has 0 aromatic heterocycles. The third-order valence-electron chi connectivity index (χ3n) is 3.89. The van der Waals surface area contributed by atoms with E-state index in [9.17, 15) is 19.2 Å². The van der Waals surface area contributed by atoms with Crippen LogP contribution in [0.4, 0.5) is 4.79 Å². The molecule has 3 rings (SSSR count). The van der Waals surface area contributed by atoms with E-state index in [-0.39, 0.29) is 30.2 Å². The lowest BCUT2D eigenvalue weighted by Crippen LogP contribution is -2.56. The van der Waals surface area contributed by atoms with Gasteiger partial charge in [-0.2, -0.15) is 4.90 Å². The van der Waals surface area contributed by atoms with Crippen molar-refractivity contribution in [1.29, 1.82) is 0 Å². The first-order chi connectivity index (χ1) is 10.4. The van der Waals surface area contributed by atoms with Gasteiger partial charge in [0.05, 0.1) is 0 Å². The summed E-state index contributed by atoms with van der Waals surface area (Å²) >= 11 is 2.12. The number of amides is 4. The number of carbonyl (C=O) groups is 4. The molecule has 1 fully saturated rings. The third-order valence-corrected chi connectivity index (χ3v) is 4.90. The highest BCUT2D eigenvalue weighted by molar-refractivity contribution is 14.1. The molecule has 2 aliphatic rings. The number of nitrogens with zero attached hydrogens (tertiary/aromatic N) is 2. The van der Waals surface area contributed by atoms with Crippen LogP contribution in [-0.2, 0) is 16.1 Å². The van der Waals surface area contributed by atoms with Gasteiger partial charge in [0.15, 0.2) is 0 Å². The van der Waals surface area contributed by atoms with Crippen LogP contribution in [0.15, 0.2) is 18.2 Å². The lowest BCUT2D eigenvalue weighted by atomic mass is 10.0. The molecule has 1 saturated heterocycles. The van der Waals surface area contributed by atoms with Crippen molar-refractivity contribution in [3.8, 4) is 0 Å². The molecule has 1 N–H and O–H groups in total. The Balaban J connectivity index is 1.92. The summed E-state index contributed by atoms with van der Waals surface area (Å²) in [5.74, 6) is -1.89. The van der Waals surface area contributed by atoms with Gasteiger partial charge in [-0.25, -0.2) is 4.79 Å². The third kappa shape index (κ3) is 2.18. The number of halogens is 1. The number of imide groups is 3. The standard InChI is InChI=1S/C14H11IN2O5/c15-9-3-1-2-7-8(9)6-16(12(7)19)10-4-5-11(18)17(13(10)20)14(21)22/h1-3,10H,4-6H2,(H,21,22). The summed E-state index contributed by atoms with van der Waals surface area (Å²) < 4.78 is 0.917. The van der Waals surface area contributed by atoms with E-state index < -0.39 is 23.9 Å².